The van der Waals surface area contributed by atoms with Gasteiger partial charge in [0.25, 0.3) is 11.1 Å². The average molecular weight is 522 g/mol. The first-order chi connectivity index (χ1) is 17.2. The van der Waals surface area contributed by atoms with Crippen molar-refractivity contribution in [1.82, 2.24) is 4.90 Å². The molecular formula is C29H28ClNO4S. The van der Waals surface area contributed by atoms with Gasteiger partial charge in [0.2, 0.25) is 0 Å². The third kappa shape index (κ3) is 6.31. The minimum absolute atomic E-state index is 0.0923. The molecule has 2 amide bonds. The van der Waals surface area contributed by atoms with Crippen LogP contribution < -0.4 is 9.47 Å². The van der Waals surface area contributed by atoms with Gasteiger partial charge in [-0.2, -0.15) is 0 Å². The lowest BCUT2D eigenvalue weighted by atomic mass is 9.87. The molecule has 7 heteroatoms. The van der Waals surface area contributed by atoms with Crippen molar-refractivity contribution in [3.8, 4) is 11.5 Å². The number of nitrogens with zero attached hydrogens (tertiary/aromatic N) is 1. The number of thioether (sulfide) groups is 1. The molecule has 0 unspecified atom stereocenters. The monoisotopic (exact) mass is 521 g/mol. The lowest BCUT2D eigenvalue weighted by molar-refractivity contribution is -0.123. The third-order valence-electron chi connectivity index (χ3n) is 5.70. The predicted octanol–water partition coefficient (Wildman–Crippen LogP) is 7.33. The van der Waals surface area contributed by atoms with E-state index in [9.17, 15) is 9.59 Å². The van der Waals surface area contributed by atoms with E-state index >= 15 is 0 Å². The first-order valence-corrected chi connectivity index (χ1v) is 12.9. The fourth-order valence-electron chi connectivity index (χ4n) is 3.67. The summed E-state index contributed by atoms with van der Waals surface area (Å²) in [4.78, 5) is 27.1. The molecule has 3 aromatic carbocycles. The van der Waals surface area contributed by atoms with E-state index < -0.39 is 0 Å². The molecule has 1 fully saturated rings. The van der Waals surface area contributed by atoms with Crippen molar-refractivity contribution >= 4 is 40.6 Å². The summed E-state index contributed by atoms with van der Waals surface area (Å²) in [6.07, 6.45) is 1.69. The molecule has 0 radical (unpaired) electrons. The molecule has 0 spiro atoms. The molecule has 1 aliphatic heterocycles. The van der Waals surface area contributed by atoms with E-state index in [0.717, 1.165) is 28.6 Å². The number of hydrogen-bond donors (Lipinski definition) is 0. The number of imide groups is 1. The molecule has 1 aliphatic rings. The van der Waals surface area contributed by atoms with E-state index in [-0.39, 0.29) is 23.1 Å². The van der Waals surface area contributed by atoms with Crippen molar-refractivity contribution in [2.45, 2.75) is 32.7 Å². The topological polar surface area (TPSA) is 55.8 Å². The Morgan fingerprint density at radius 1 is 0.889 bits per heavy atom. The summed E-state index contributed by atoms with van der Waals surface area (Å²) >= 11 is 7.13. The van der Waals surface area contributed by atoms with Crippen LogP contribution >= 0.6 is 23.4 Å². The number of para-hydroxylation sites is 1. The first-order valence-electron chi connectivity index (χ1n) is 11.7. The molecule has 1 heterocycles. The zero-order valence-corrected chi connectivity index (χ0v) is 22.1. The van der Waals surface area contributed by atoms with Crippen LogP contribution in [0.15, 0.2) is 77.7 Å². The highest BCUT2D eigenvalue weighted by Gasteiger charge is 2.35. The van der Waals surface area contributed by atoms with Gasteiger partial charge in [-0.25, -0.2) is 0 Å². The minimum Gasteiger partial charge on any atom is -0.490 e. The molecule has 186 valence electrons. The normalized spacial score (nSPS) is 15.0. The summed E-state index contributed by atoms with van der Waals surface area (Å²) in [7, 11) is 0. The second kappa shape index (κ2) is 11.2. The molecule has 4 rings (SSSR count). The maximum Gasteiger partial charge on any atom is 0.293 e. The van der Waals surface area contributed by atoms with E-state index in [1.807, 2.05) is 48.5 Å². The fourth-order valence-corrected chi connectivity index (χ4v) is 4.69. The second-order valence-corrected chi connectivity index (χ2v) is 10.8. The lowest BCUT2D eigenvalue weighted by Gasteiger charge is -2.19. The molecule has 0 saturated carbocycles. The lowest BCUT2D eigenvalue weighted by Crippen LogP contribution is -2.27. The number of carbonyl (C=O) groups is 2. The van der Waals surface area contributed by atoms with Gasteiger partial charge < -0.3 is 9.47 Å². The first kappa shape index (κ1) is 25.9. The molecule has 36 heavy (non-hydrogen) atoms. The molecule has 3 aromatic rings. The number of ether oxygens (including phenoxy) is 2. The van der Waals surface area contributed by atoms with Crippen LogP contribution in [0.3, 0.4) is 0 Å². The molecule has 0 aromatic heterocycles. The Hall–Kier alpha value is -3.22. The Bertz CT molecular complexity index is 1280. The van der Waals surface area contributed by atoms with E-state index in [1.54, 1.807) is 18.2 Å². The van der Waals surface area contributed by atoms with Gasteiger partial charge in [0.05, 0.1) is 11.4 Å². The van der Waals surface area contributed by atoms with Crippen molar-refractivity contribution in [2.75, 3.05) is 13.2 Å². The van der Waals surface area contributed by atoms with Crippen LogP contribution in [0.1, 0.15) is 37.5 Å². The quantitative estimate of drug-likeness (QED) is 0.229. The largest absolute Gasteiger partial charge is 0.490 e. The van der Waals surface area contributed by atoms with E-state index in [0.29, 0.717) is 28.9 Å². The zero-order valence-electron chi connectivity index (χ0n) is 20.5. The van der Waals surface area contributed by atoms with E-state index in [2.05, 4.69) is 32.9 Å². The average Bonchev–Trinajstić information content (AvgIpc) is 3.11. The summed E-state index contributed by atoms with van der Waals surface area (Å²) in [5.74, 6) is 1.05. The Labute approximate surface area is 221 Å². The van der Waals surface area contributed by atoms with Crippen LogP contribution in [-0.4, -0.2) is 29.3 Å². The van der Waals surface area contributed by atoms with Gasteiger partial charge in [0.15, 0.2) is 0 Å². The van der Waals surface area contributed by atoms with Gasteiger partial charge in [0, 0.05) is 10.6 Å². The highest BCUT2D eigenvalue weighted by molar-refractivity contribution is 8.18. The molecule has 5 nitrogen and oxygen atoms in total. The number of halogens is 1. The number of benzene rings is 3. The van der Waals surface area contributed by atoms with Crippen molar-refractivity contribution in [1.29, 1.82) is 0 Å². The van der Waals surface area contributed by atoms with Crippen LogP contribution in [0.25, 0.3) is 6.08 Å². The van der Waals surface area contributed by atoms with Crippen LogP contribution in [-0.2, 0) is 16.8 Å². The van der Waals surface area contributed by atoms with Crippen LogP contribution in [0, 0.1) is 0 Å². The van der Waals surface area contributed by atoms with Crippen molar-refractivity contribution < 1.29 is 19.1 Å². The Kier molecular flexibility index (Phi) is 8.07. The zero-order chi connectivity index (χ0) is 25.7. The smallest absolute Gasteiger partial charge is 0.293 e. The number of amides is 2. The predicted molar refractivity (Wildman–Crippen MR) is 146 cm³/mol. The van der Waals surface area contributed by atoms with Crippen LogP contribution in [0.2, 0.25) is 5.02 Å². The van der Waals surface area contributed by atoms with Crippen LogP contribution in [0.4, 0.5) is 4.79 Å². The molecule has 0 bridgehead atoms. The van der Waals surface area contributed by atoms with Gasteiger partial charge in [0.1, 0.15) is 24.7 Å². The number of hydrogen-bond acceptors (Lipinski definition) is 5. The minimum atomic E-state index is -0.346. The summed E-state index contributed by atoms with van der Waals surface area (Å²) in [5, 5.41) is 0.196. The van der Waals surface area contributed by atoms with E-state index in [1.165, 1.54) is 10.5 Å². The maximum absolute atomic E-state index is 13.0. The van der Waals surface area contributed by atoms with Crippen LogP contribution in [0.5, 0.6) is 11.5 Å². The summed E-state index contributed by atoms with van der Waals surface area (Å²) < 4.78 is 11.8. The molecule has 0 N–H and O–H groups in total. The third-order valence-corrected chi connectivity index (χ3v) is 6.97. The van der Waals surface area contributed by atoms with Crippen molar-refractivity contribution in [3.63, 3.8) is 0 Å². The Morgan fingerprint density at radius 3 is 2.28 bits per heavy atom. The van der Waals surface area contributed by atoms with E-state index in [4.69, 9.17) is 21.1 Å². The molecule has 1 saturated heterocycles. The highest BCUT2D eigenvalue weighted by atomic mass is 35.5. The summed E-state index contributed by atoms with van der Waals surface area (Å²) in [5.41, 5.74) is 2.78. The number of rotatable bonds is 8. The van der Waals surface area contributed by atoms with Gasteiger partial charge in [-0.05, 0) is 58.6 Å². The van der Waals surface area contributed by atoms with Crippen molar-refractivity contribution in [2.24, 2.45) is 0 Å². The molecular weight excluding hydrogens is 494 g/mol. The summed E-state index contributed by atoms with van der Waals surface area (Å²) in [6.45, 7) is 7.36. The van der Waals surface area contributed by atoms with Gasteiger partial charge in [-0.1, -0.05) is 80.9 Å². The molecule has 0 aliphatic carbocycles. The standard InChI is InChI=1S/C29H28ClNO4S/c1-29(2,3)22-12-14-23(15-13-22)34-16-17-35-25-11-7-5-8-20(25)18-26-27(32)31(28(33)36-26)19-21-9-4-6-10-24(21)30/h4-15,18H,16-17,19H2,1-3H3/b26-18-. The highest BCUT2D eigenvalue weighted by Crippen LogP contribution is 2.35. The van der Waals surface area contributed by atoms with Gasteiger partial charge in [-0.3, -0.25) is 14.5 Å². The van der Waals surface area contributed by atoms with Gasteiger partial charge >= 0.3 is 0 Å². The Balaban J connectivity index is 1.38. The maximum atomic E-state index is 13.0. The second-order valence-electron chi connectivity index (χ2n) is 9.37. The molecule has 0 atom stereocenters. The number of carbonyl (C=O) groups excluding carboxylic acids is 2. The Morgan fingerprint density at radius 2 is 1.56 bits per heavy atom. The SMILES string of the molecule is CC(C)(C)c1ccc(OCCOc2ccccc2/C=C2\SC(=O)N(Cc3ccccc3Cl)C2=O)cc1. The van der Waals surface area contributed by atoms with Crippen molar-refractivity contribution in [3.05, 3.63) is 99.4 Å². The summed E-state index contributed by atoms with van der Waals surface area (Å²) in [6, 6.07) is 22.7. The van der Waals surface area contributed by atoms with Gasteiger partial charge in [-0.15, -0.1) is 0 Å². The fraction of sp³-hybridized carbons (Fsp3) is 0.241.